The molecule has 1 saturated heterocycles. The van der Waals surface area contributed by atoms with E-state index in [4.69, 9.17) is 0 Å². The largest absolute Gasteiger partial charge is 0.476 e. The molecule has 1 aromatic carbocycles. The summed E-state index contributed by atoms with van der Waals surface area (Å²) in [6.07, 6.45) is 3.59. The fourth-order valence-corrected chi connectivity index (χ4v) is 3.67. The average Bonchev–Trinajstić information content (AvgIpc) is 3.08. The molecule has 2 aromatic rings. The molecule has 2 fully saturated rings. The molecule has 0 amide bonds. The molecule has 1 aromatic heterocycles. The van der Waals surface area contributed by atoms with E-state index < -0.39 is 5.97 Å². The van der Waals surface area contributed by atoms with Crippen LogP contribution in [0.1, 0.15) is 29.8 Å². The van der Waals surface area contributed by atoms with Crippen molar-refractivity contribution in [3.8, 4) is 0 Å². The first kappa shape index (κ1) is 11.6. The van der Waals surface area contributed by atoms with Crippen LogP contribution in [0.5, 0.6) is 0 Å². The lowest BCUT2D eigenvalue weighted by Crippen LogP contribution is -2.33. The number of aromatic nitrogens is 2. The van der Waals surface area contributed by atoms with E-state index in [0.29, 0.717) is 12.0 Å². The van der Waals surface area contributed by atoms with Crippen LogP contribution in [0.25, 0.3) is 10.9 Å². The number of aromatic carboxylic acids is 1. The number of rotatable bonds is 2. The summed E-state index contributed by atoms with van der Waals surface area (Å²) < 4.78 is 0. The number of carboxylic acid groups (broad SMARTS) is 1. The fourth-order valence-electron chi connectivity index (χ4n) is 3.67. The summed E-state index contributed by atoms with van der Waals surface area (Å²) >= 11 is 0. The quantitative estimate of drug-likeness (QED) is 0.906. The van der Waals surface area contributed by atoms with Gasteiger partial charge < -0.3 is 10.0 Å². The molecule has 5 heteroatoms. The van der Waals surface area contributed by atoms with Crippen LogP contribution < -0.4 is 4.90 Å². The lowest BCUT2D eigenvalue weighted by Gasteiger charge is -2.30. The zero-order valence-electron chi connectivity index (χ0n) is 11.0. The van der Waals surface area contributed by atoms with Gasteiger partial charge in [-0.15, -0.1) is 10.2 Å². The Morgan fingerprint density at radius 3 is 2.80 bits per heavy atom. The molecule has 0 spiro atoms. The Morgan fingerprint density at radius 2 is 2.10 bits per heavy atom. The monoisotopic (exact) mass is 269 g/mol. The van der Waals surface area contributed by atoms with Gasteiger partial charge in [-0.1, -0.05) is 18.2 Å². The maximum atomic E-state index is 11.5. The fraction of sp³-hybridized carbons (Fsp3) is 0.400. The van der Waals surface area contributed by atoms with Gasteiger partial charge in [0.1, 0.15) is 0 Å². The Morgan fingerprint density at radius 1 is 1.25 bits per heavy atom. The summed E-state index contributed by atoms with van der Waals surface area (Å²) in [5.41, 5.74) is 1.60. The lowest BCUT2D eigenvalue weighted by molar-refractivity contribution is 0.0690. The number of piperidine rings is 1. The maximum Gasteiger partial charge on any atom is 0.358 e. The Labute approximate surface area is 116 Å². The van der Waals surface area contributed by atoms with Crippen LogP contribution >= 0.6 is 0 Å². The van der Waals surface area contributed by atoms with Crippen molar-refractivity contribution in [2.75, 3.05) is 11.4 Å². The lowest BCUT2D eigenvalue weighted by atomic mass is 10.1. The van der Waals surface area contributed by atoms with Crippen LogP contribution in [0.15, 0.2) is 24.3 Å². The van der Waals surface area contributed by atoms with Gasteiger partial charge in [0.2, 0.25) is 0 Å². The third-order valence-electron chi connectivity index (χ3n) is 4.54. The maximum absolute atomic E-state index is 11.5. The Bertz CT molecular complexity index is 701. The molecule has 5 nitrogen and oxygen atoms in total. The number of anilines is 1. The highest BCUT2D eigenvalue weighted by atomic mass is 16.4. The standard InChI is InChI=1S/C15H15N3O2/c19-15(20)13-14(18-8-9-5-6-10(18)7-9)11-3-1-2-4-12(11)16-17-13/h1-4,9-10H,5-8H2,(H,19,20). The molecule has 4 rings (SSSR count). The molecule has 0 radical (unpaired) electrons. The molecule has 2 atom stereocenters. The minimum Gasteiger partial charge on any atom is -0.476 e. The number of hydrogen-bond acceptors (Lipinski definition) is 4. The molecule has 1 saturated carbocycles. The van der Waals surface area contributed by atoms with Crippen LogP contribution in [-0.2, 0) is 0 Å². The number of hydrogen-bond donors (Lipinski definition) is 1. The molecule has 1 aliphatic carbocycles. The molecule has 2 aliphatic rings. The van der Waals surface area contributed by atoms with E-state index in [2.05, 4.69) is 15.1 Å². The number of carboxylic acids is 1. The van der Waals surface area contributed by atoms with Crippen molar-refractivity contribution in [3.05, 3.63) is 30.0 Å². The topological polar surface area (TPSA) is 66.3 Å². The van der Waals surface area contributed by atoms with Gasteiger partial charge in [-0.05, 0) is 31.2 Å². The van der Waals surface area contributed by atoms with Gasteiger partial charge >= 0.3 is 5.97 Å². The first-order valence-corrected chi connectivity index (χ1v) is 6.99. The van der Waals surface area contributed by atoms with E-state index in [0.717, 1.165) is 29.6 Å². The van der Waals surface area contributed by atoms with Crippen molar-refractivity contribution >= 4 is 22.6 Å². The van der Waals surface area contributed by atoms with Gasteiger partial charge in [0.25, 0.3) is 0 Å². The Balaban J connectivity index is 1.95. The SMILES string of the molecule is O=C(O)c1nnc2ccccc2c1N1CC2CCC1C2. The highest BCUT2D eigenvalue weighted by molar-refractivity contribution is 6.03. The summed E-state index contributed by atoms with van der Waals surface area (Å²) in [5, 5.41) is 18.3. The van der Waals surface area contributed by atoms with Crippen molar-refractivity contribution in [1.29, 1.82) is 0 Å². The van der Waals surface area contributed by atoms with Gasteiger partial charge in [-0.25, -0.2) is 4.79 Å². The zero-order chi connectivity index (χ0) is 13.7. The van der Waals surface area contributed by atoms with Crippen molar-refractivity contribution in [2.24, 2.45) is 5.92 Å². The summed E-state index contributed by atoms with van der Waals surface area (Å²) in [5.74, 6) is -0.297. The molecule has 102 valence electrons. The van der Waals surface area contributed by atoms with Gasteiger partial charge in [-0.2, -0.15) is 0 Å². The van der Waals surface area contributed by atoms with Crippen LogP contribution in [0.3, 0.4) is 0 Å². The first-order chi connectivity index (χ1) is 9.74. The highest BCUT2D eigenvalue weighted by Crippen LogP contribution is 2.42. The predicted octanol–water partition coefficient (Wildman–Crippen LogP) is 2.32. The minimum atomic E-state index is -0.999. The van der Waals surface area contributed by atoms with Crippen molar-refractivity contribution < 1.29 is 9.90 Å². The smallest absolute Gasteiger partial charge is 0.358 e. The van der Waals surface area contributed by atoms with E-state index in [-0.39, 0.29) is 5.69 Å². The van der Waals surface area contributed by atoms with E-state index in [1.165, 1.54) is 12.8 Å². The molecule has 20 heavy (non-hydrogen) atoms. The Hall–Kier alpha value is -2.17. The average molecular weight is 269 g/mol. The molecular formula is C15H15N3O2. The van der Waals surface area contributed by atoms with Gasteiger partial charge in [0.05, 0.1) is 11.2 Å². The van der Waals surface area contributed by atoms with Crippen LogP contribution in [0, 0.1) is 5.92 Å². The van der Waals surface area contributed by atoms with Gasteiger partial charge in [0.15, 0.2) is 5.69 Å². The third kappa shape index (κ3) is 1.59. The second-order valence-corrected chi connectivity index (χ2v) is 5.70. The van der Waals surface area contributed by atoms with E-state index >= 15 is 0 Å². The minimum absolute atomic E-state index is 0.0799. The molecule has 1 aliphatic heterocycles. The second kappa shape index (κ2) is 4.16. The molecule has 1 N–H and O–H groups in total. The summed E-state index contributed by atoms with van der Waals surface area (Å²) in [7, 11) is 0. The molecule has 2 heterocycles. The molecular weight excluding hydrogens is 254 g/mol. The normalized spacial score (nSPS) is 24.5. The zero-order valence-corrected chi connectivity index (χ0v) is 11.0. The second-order valence-electron chi connectivity index (χ2n) is 5.70. The third-order valence-corrected chi connectivity index (χ3v) is 4.54. The number of carbonyl (C=O) groups is 1. The van der Waals surface area contributed by atoms with Crippen LogP contribution in [0.4, 0.5) is 5.69 Å². The van der Waals surface area contributed by atoms with Gasteiger partial charge in [-0.3, -0.25) is 0 Å². The summed E-state index contributed by atoms with van der Waals surface area (Å²) in [6, 6.07) is 8.11. The summed E-state index contributed by atoms with van der Waals surface area (Å²) in [6.45, 7) is 0.945. The first-order valence-electron chi connectivity index (χ1n) is 6.99. The molecule has 2 bridgehead atoms. The number of fused-ring (bicyclic) bond motifs is 3. The number of benzene rings is 1. The highest BCUT2D eigenvalue weighted by Gasteiger charge is 2.40. The van der Waals surface area contributed by atoms with E-state index in [9.17, 15) is 9.90 Å². The predicted molar refractivity (Wildman–Crippen MR) is 75.0 cm³/mol. The van der Waals surface area contributed by atoms with Crippen molar-refractivity contribution in [2.45, 2.75) is 25.3 Å². The van der Waals surface area contributed by atoms with Gasteiger partial charge in [0, 0.05) is 18.0 Å². The van der Waals surface area contributed by atoms with E-state index in [1.54, 1.807) is 0 Å². The van der Waals surface area contributed by atoms with Crippen molar-refractivity contribution in [3.63, 3.8) is 0 Å². The van der Waals surface area contributed by atoms with Crippen LogP contribution in [-0.4, -0.2) is 33.9 Å². The number of nitrogens with zero attached hydrogens (tertiary/aromatic N) is 3. The molecule has 2 unspecified atom stereocenters. The van der Waals surface area contributed by atoms with E-state index in [1.807, 2.05) is 24.3 Å². The summed E-state index contributed by atoms with van der Waals surface area (Å²) in [4.78, 5) is 13.7. The van der Waals surface area contributed by atoms with Crippen LogP contribution in [0.2, 0.25) is 0 Å². The van der Waals surface area contributed by atoms with Crippen molar-refractivity contribution in [1.82, 2.24) is 10.2 Å². The Kier molecular flexibility index (Phi) is 2.42.